The van der Waals surface area contributed by atoms with Gasteiger partial charge in [-0.05, 0) is 43.9 Å². The Labute approximate surface area is 172 Å². The molecule has 3 N–H and O–H groups in total. The molecule has 2 aliphatic rings. The molecule has 2 heterocycles. The molecule has 2 aromatic rings. The number of halogens is 1. The molecule has 1 aliphatic carbocycles. The van der Waals surface area contributed by atoms with Gasteiger partial charge in [-0.3, -0.25) is 14.9 Å². The van der Waals surface area contributed by atoms with Gasteiger partial charge in [-0.1, -0.05) is 12.1 Å². The Bertz CT molecular complexity index is 988. The van der Waals surface area contributed by atoms with Crippen LogP contribution in [-0.2, 0) is 16.1 Å². The third-order valence-corrected chi connectivity index (χ3v) is 5.54. The van der Waals surface area contributed by atoms with Gasteiger partial charge in [0.05, 0.1) is 0 Å². The molecular formula is C21H21FN4O4. The third kappa shape index (κ3) is 4.10. The van der Waals surface area contributed by atoms with E-state index < -0.39 is 17.4 Å². The second kappa shape index (κ2) is 8.10. The first-order valence-corrected chi connectivity index (χ1v) is 9.74. The van der Waals surface area contributed by atoms with Crippen molar-refractivity contribution in [1.29, 1.82) is 0 Å². The number of rotatable bonds is 5. The van der Waals surface area contributed by atoms with Gasteiger partial charge in [-0.15, -0.1) is 0 Å². The third-order valence-electron chi connectivity index (χ3n) is 5.54. The van der Waals surface area contributed by atoms with E-state index in [1.807, 2.05) is 0 Å². The second-order valence-corrected chi connectivity index (χ2v) is 7.51. The lowest BCUT2D eigenvalue weighted by Crippen LogP contribution is -2.50. The number of urea groups is 1. The van der Waals surface area contributed by atoms with Gasteiger partial charge in [0.15, 0.2) is 0 Å². The van der Waals surface area contributed by atoms with Crippen molar-refractivity contribution < 1.29 is 23.5 Å². The Morgan fingerprint density at radius 1 is 1.23 bits per heavy atom. The fraction of sp³-hybridized carbons (Fsp3) is 0.333. The molecule has 8 nitrogen and oxygen atoms in total. The summed E-state index contributed by atoms with van der Waals surface area (Å²) < 4.78 is 19.0. The first-order chi connectivity index (χ1) is 14.4. The van der Waals surface area contributed by atoms with Crippen molar-refractivity contribution in [1.82, 2.24) is 20.9 Å². The van der Waals surface area contributed by atoms with Crippen LogP contribution in [0.2, 0.25) is 0 Å². The standard InChI is InChI=1S/C21H21FN4O4/c22-15-4-1-5-16(11-15)30-18-14(3-2-10-23-18)12-24-17(27)13-6-8-21(9-7-13)19(28)25-20(29)26-21/h1-5,10-11,13H,6-9,12H2,(H,24,27)(H2,25,26,28,29). The van der Waals surface area contributed by atoms with Crippen LogP contribution >= 0.6 is 0 Å². The van der Waals surface area contributed by atoms with Crippen LogP contribution < -0.4 is 20.7 Å². The maximum absolute atomic E-state index is 13.4. The van der Waals surface area contributed by atoms with E-state index in [1.165, 1.54) is 18.2 Å². The largest absolute Gasteiger partial charge is 0.439 e. The van der Waals surface area contributed by atoms with E-state index in [1.54, 1.807) is 24.4 Å². The molecule has 156 valence electrons. The summed E-state index contributed by atoms with van der Waals surface area (Å²) in [4.78, 5) is 40.2. The van der Waals surface area contributed by atoms with E-state index >= 15 is 0 Å². The number of hydrogen-bond donors (Lipinski definition) is 3. The predicted octanol–water partition coefficient (Wildman–Crippen LogP) is 2.40. The fourth-order valence-corrected chi connectivity index (χ4v) is 3.87. The van der Waals surface area contributed by atoms with Crippen LogP contribution in [0.4, 0.5) is 9.18 Å². The van der Waals surface area contributed by atoms with Crippen LogP contribution in [-0.4, -0.2) is 28.4 Å². The predicted molar refractivity (Wildman–Crippen MR) is 104 cm³/mol. The average molecular weight is 412 g/mol. The molecule has 0 bridgehead atoms. The number of pyridine rings is 1. The summed E-state index contributed by atoms with van der Waals surface area (Å²) in [7, 11) is 0. The van der Waals surface area contributed by atoms with E-state index in [9.17, 15) is 18.8 Å². The van der Waals surface area contributed by atoms with Crippen LogP contribution in [0.15, 0.2) is 42.6 Å². The minimum atomic E-state index is -0.886. The molecule has 4 rings (SSSR count). The molecule has 0 unspecified atom stereocenters. The van der Waals surface area contributed by atoms with Crippen molar-refractivity contribution in [2.24, 2.45) is 5.92 Å². The summed E-state index contributed by atoms with van der Waals surface area (Å²) in [5.74, 6) is -0.506. The lowest BCUT2D eigenvalue weighted by Gasteiger charge is -2.33. The lowest BCUT2D eigenvalue weighted by molar-refractivity contribution is -0.130. The number of benzene rings is 1. The Morgan fingerprint density at radius 2 is 2.03 bits per heavy atom. The van der Waals surface area contributed by atoms with E-state index in [0.29, 0.717) is 37.0 Å². The molecule has 1 saturated carbocycles. The van der Waals surface area contributed by atoms with E-state index in [0.717, 1.165) is 0 Å². The maximum Gasteiger partial charge on any atom is 0.322 e. The van der Waals surface area contributed by atoms with Gasteiger partial charge < -0.3 is 15.4 Å². The average Bonchev–Trinajstić information content (AvgIpc) is 3.00. The normalized spacial score (nSPS) is 23.0. The van der Waals surface area contributed by atoms with Crippen molar-refractivity contribution in [3.8, 4) is 11.6 Å². The van der Waals surface area contributed by atoms with Crippen molar-refractivity contribution in [3.63, 3.8) is 0 Å². The van der Waals surface area contributed by atoms with Gasteiger partial charge in [0.25, 0.3) is 5.91 Å². The number of carbonyl (C=O) groups excluding carboxylic acids is 3. The summed E-state index contributed by atoms with van der Waals surface area (Å²) in [6.45, 7) is 0.205. The first-order valence-electron chi connectivity index (χ1n) is 9.74. The highest BCUT2D eigenvalue weighted by molar-refractivity contribution is 6.07. The molecule has 1 saturated heterocycles. The highest BCUT2D eigenvalue weighted by atomic mass is 19.1. The molecule has 4 amide bonds. The van der Waals surface area contributed by atoms with E-state index in [-0.39, 0.29) is 30.2 Å². The molecule has 30 heavy (non-hydrogen) atoms. The Hall–Kier alpha value is -3.49. The van der Waals surface area contributed by atoms with E-state index in [4.69, 9.17) is 4.74 Å². The number of hydrogen-bond acceptors (Lipinski definition) is 5. The van der Waals surface area contributed by atoms with Gasteiger partial charge in [0, 0.05) is 30.3 Å². The molecular weight excluding hydrogens is 391 g/mol. The lowest BCUT2D eigenvalue weighted by atomic mass is 9.76. The molecule has 1 aromatic heterocycles. The summed E-state index contributed by atoms with van der Waals surface area (Å²) in [5, 5.41) is 7.84. The van der Waals surface area contributed by atoms with Crippen LogP contribution in [0.25, 0.3) is 0 Å². The highest BCUT2D eigenvalue weighted by Crippen LogP contribution is 2.34. The Morgan fingerprint density at radius 3 is 2.73 bits per heavy atom. The summed E-state index contributed by atoms with van der Waals surface area (Å²) in [6, 6.07) is 8.76. The number of ether oxygens (including phenoxy) is 1. The number of imide groups is 1. The van der Waals surface area contributed by atoms with Crippen LogP contribution in [0, 0.1) is 11.7 Å². The van der Waals surface area contributed by atoms with Crippen molar-refractivity contribution >= 4 is 17.8 Å². The van der Waals surface area contributed by atoms with Gasteiger partial charge in [0.1, 0.15) is 17.1 Å². The first kappa shape index (κ1) is 19.8. The second-order valence-electron chi connectivity index (χ2n) is 7.51. The molecule has 0 radical (unpaired) electrons. The number of nitrogens with zero attached hydrogens (tertiary/aromatic N) is 1. The monoisotopic (exact) mass is 412 g/mol. The van der Waals surface area contributed by atoms with E-state index in [2.05, 4.69) is 20.9 Å². The smallest absolute Gasteiger partial charge is 0.322 e. The molecule has 1 spiro atoms. The summed E-state index contributed by atoms with van der Waals surface area (Å²) >= 11 is 0. The quantitative estimate of drug-likeness (QED) is 0.654. The zero-order valence-electron chi connectivity index (χ0n) is 16.1. The number of carbonyl (C=O) groups is 3. The molecule has 1 aromatic carbocycles. The van der Waals surface area contributed by atoms with Gasteiger partial charge in [-0.2, -0.15) is 0 Å². The topological polar surface area (TPSA) is 109 Å². The van der Waals surface area contributed by atoms with Crippen molar-refractivity contribution in [2.75, 3.05) is 0 Å². The van der Waals surface area contributed by atoms with Crippen LogP contribution in [0.1, 0.15) is 31.2 Å². The SMILES string of the molecule is O=C1NC(=O)C2(CCC(C(=O)NCc3cccnc3Oc3cccc(F)c3)CC2)N1. The summed E-state index contributed by atoms with van der Waals surface area (Å²) in [6.07, 6.45) is 3.40. The van der Waals surface area contributed by atoms with Gasteiger partial charge in [-0.25, -0.2) is 14.2 Å². The fourth-order valence-electron chi connectivity index (χ4n) is 3.87. The number of aromatic nitrogens is 1. The van der Waals surface area contributed by atoms with Gasteiger partial charge in [0.2, 0.25) is 11.8 Å². The van der Waals surface area contributed by atoms with Crippen molar-refractivity contribution in [3.05, 3.63) is 54.0 Å². The van der Waals surface area contributed by atoms with Crippen molar-refractivity contribution in [2.45, 2.75) is 37.8 Å². The zero-order chi connectivity index (χ0) is 21.1. The Kier molecular flexibility index (Phi) is 5.35. The Balaban J connectivity index is 1.35. The minimum absolute atomic E-state index is 0.129. The molecule has 9 heteroatoms. The number of nitrogens with one attached hydrogen (secondary N) is 3. The van der Waals surface area contributed by atoms with Crippen LogP contribution in [0.5, 0.6) is 11.6 Å². The zero-order valence-corrected chi connectivity index (χ0v) is 16.1. The van der Waals surface area contributed by atoms with Crippen LogP contribution in [0.3, 0.4) is 0 Å². The van der Waals surface area contributed by atoms with Gasteiger partial charge >= 0.3 is 6.03 Å². The summed E-state index contributed by atoms with van der Waals surface area (Å²) in [5.41, 5.74) is -0.228. The maximum atomic E-state index is 13.4. The molecule has 2 fully saturated rings. The highest BCUT2D eigenvalue weighted by Gasteiger charge is 2.48. The molecule has 1 aliphatic heterocycles. The minimum Gasteiger partial charge on any atom is -0.439 e. The number of amides is 4. The molecule has 0 atom stereocenters.